The smallest absolute Gasteiger partial charge is 0.341 e. The molecule has 0 unspecified atom stereocenters. The first-order chi connectivity index (χ1) is 9.92. The van der Waals surface area contributed by atoms with Crippen LogP contribution >= 0.6 is 11.3 Å². The molecule has 1 amide bonds. The van der Waals surface area contributed by atoms with Crippen LogP contribution in [-0.4, -0.2) is 10.9 Å². The molecule has 21 heavy (non-hydrogen) atoms. The molecule has 0 aliphatic heterocycles. The average Bonchev–Trinajstić information content (AvgIpc) is 3.01. The number of hydrogen-bond donors (Lipinski definition) is 1. The van der Waals surface area contributed by atoms with Crippen molar-refractivity contribution >= 4 is 17.2 Å². The molecule has 1 saturated carbocycles. The molecule has 3 nitrogen and oxygen atoms in total. The van der Waals surface area contributed by atoms with E-state index in [2.05, 4.69) is 10.3 Å². The summed E-state index contributed by atoms with van der Waals surface area (Å²) in [6.07, 6.45) is -3.44. The number of halogens is 3. The van der Waals surface area contributed by atoms with E-state index < -0.39 is 23.2 Å². The van der Waals surface area contributed by atoms with Crippen molar-refractivity contribution in [1.82, 2.24) is 10.3 Å². The highest BCUT2D eigenvalue weighted by Gasteiger charge is 2.50. The van der Waals surface area contributed by atoms with E-state index in [0.717, 1.165) is 6.07 Å². The normalized spacial score (nSPS) is 16.5. The van der Waals surface area contributed by atoms with E-state index in [1.54, 1.807) is 11.4 Å². The second kappa shape index (κ2) is 4.84. The zero-order valence-electron chi connectivity index (χ0n) is 10.8. The number of rotatable bonds is 3. The second-order valence-electron chi connectivity index (χ2n) is 4.95. The van der Waals surface area contributed by atoms with Crippen LogP contribution < -0.4 is 5.32 Å². The van der Waals surface area contributed by atoms with Gasteiger partial charge >= 0.3 is 6.18 Å². The Balaban J connectivity index is 1.92. The minimum absolute atomic E-state index is 0.126. The Morgan fingerprint density at radius 2 is 2.00 bits per heavy atom. The number of thiazole rings is 1. The summed E-state index contributed by atoms with van der Waals surface area (Å²) in [4.78, 5) is 15.9. The quantitative estimate of drug-likeness (QED) is 0.941. The molecule has 0 radical (unpaired) electrons. The topological polar surface area (TPSA) is 42.0 Å². The Hall–Kier alpha value is -1.89. The first-order valence-corrected chi connectivity index (χ1v) is 7.24. The lowest BCUT2D eigenvalue weighted by Crippen LogP contribution is -2.36. The van der Waals surface area contributed by atoms with E-state index >= 15 is 0 Å². The van der Waals surface area contributed by atoms with Gasteiger partial charge < -0.3 is 5.32 Å². The van der Waals surface area contributed by atoms with Crippen LogP contribution in [0.25, 0.3) is 0 Å². The highest BCUT2D eigenvalue weighted by molar-refractivity contribution is 7.07. The SMILES string of the molecule is O=C(NC1(c2ccccc2C(F)(F)F)CC1)c1cscn1. The fraction of sp³-hybridized carbons (Fsp3) is 0.286. The Labute approximate surface area is 122 Å². The van der Waals surface area contributed by atoms with Crippen LogP contribution in [0.4, 0.5) is 13.2 Å². The number of hydrogen-bond acceptors (Lipinski definition) is 3. The third-order valence-corrected chi connectivity index (χ3v) is 4.10. The van der Waals surface area contributed by atoms with Gasteiger partial charge in [-0.3, -0.25) is 4.79 Å². The van der Waals surface area contributed by atoms with Crippen molar-refractivity contribution in [3.8, 4) is 0 Å². The van der Waals surface area contributed by atoms with Crippen LogP contribution in [0.1, 0.15) is 34.5 Å². The van der Waals surface area contributed by atoms with Crippen molar-refractivity contribution in [3.63, 3.8) is 0 Å². The van der Waals surface area contributed by atoms with Gasteiger partial charge in [-0.2, -0.15) is 13.2 Å². The first-order valence-electron chi connectivity index (χ1n) is 6.30. The summed E-state index contributed by atoms with van der Waals surface area (Å²) in [6.45, 7) is 0. The Kier molecular flexibility index (Phi) is 3.24. The van der Waals surface area contributed by atoms with Crippen molar-refractivity contribution in [2.24, 2.45) is 0 Å². The largest absolute Gasteiger partial charge is 0.416 e. The maximum Gasteiger partial charge on any atom is 0.416 e. The number of carbonyl (C=O) groups is 1. The maximum atomic E-state index is 13.1. The molecule has 0 saturated heterocycles. The molecule has 1 fully saturated rings. The third kappa shape index (κ3) is 2.65. The van der Waals surface area contributed by atoms with Gasteiger partial charge in [0.1, 0.15) is 5.69 Å². The van der Waals surface area contributed by atoms with Crippen molar-refractivity contribution in [3.05, 3.63) is 52.0 Å². The van der Waals surface area contributed by atoms with Gasteiger partial charge in [0.25, 0.3) is 5.91 Å². The lowest BCUT2D eigenvalue weighted by Gasteiger charge is -2.22. The van der Waals surface area contributed by atoms with Gasteiger partial charge in [0.05, 0.1) is 16.6 Å². The Morgan fingerprint density at radius 1 is 1.29 bits per heavy atom. The van der Waals surface area contributed by atoms with E-state index in [-0.39, 0.29) is 11.3 Å². The minimum Gasteiger partial charge on any atom is -0.341 e. The number of nitrogens with one attached hydrogen (secondary N) is 1. The fourth-order valence-corrected chi connectivity index (χ4v) is 2.87. The molecule has 7 heteroatoms. The maximum absolute atomic E-state index is 13.1. The predicted octanol–water partition coefficient (Wildman–Crippen LogP) is 3.58. The first kappa shape index (κ1) is 14.1. The molecule has 1 aromatic carbocycles. The number of nitrogens with zero attached hydrogens (tertiary/aromatic N) is 1. The average molecular weight is 312 g/mol. The molecule has 110 valence electrons. The zero-order chi connectivity index (χ0) is 15.1. The molecule has 3 rings (SSSR count). The molecule has 1 heterocycles. The summed E-state index contributed by atoms with van der Waals surface area (Å²) in [5.41, 5.74) is 0.253. The van der Waals surface area contributed by atoms with Crippen molar-refractivity contribution in [1.29, 1.82) is 0 Å². The molecule has 0 spiro atoms. The summed E-state index contributed by atoms with van der Waals surface area (Å²) in [7, 11) is 0. The van der Waals surface area contributed by atoms with Gasteiger partial charge in [-0.25, -0.2) is 4.98 Å². The van der Waals surface area contributed by atoms with Gasteiger partial charge in [-0.05, 0) is 24.5 Å². The minimum atomic E-state index is -4.43. The summed E-state index contributed by atoms with van der Waals surface area (Å²) in [5.74, 6) is -0.439. The van der Waals surface area contributed by atoms with Gasteiger partial charge in [0.2, 0.25) is 0 Å². The van der Waals surface area contributed by atoms with E-state index in [1.165, 1.54) is 29.0 Å². The van der Waals surface area contributed by atoms with Crippen LogP contribution in [0.2, 0.25) is 0 Å². The molecule has 0 bridgehead atoms. The fourth-order valence-electron chi connectivity index (χ4n) is 2.34. The van der Waals surface area contributed by atoms with Crippen molar-refractivity contribution in [2.45, 2.75) is 24.6 Å². The molecule has 0 atom stereocenters. The van der Waals surface area contributed by atoms with Crippen molar-refractivity contribution in [2.75, 3.05) is 0 Å². The number of aromatic nitrogens is 1. The van der Waals surface area contributed by atoms with Crippen LogP contribution in [0.5, 0.6) is 0 Å². The lowest BCUT2D eigenvalue weighted by atomic mass is 9.97. The van der Waals surface area contributed by atoms with Gasteiger partial charge in [-0.15, -0.1) is 11.3 Å². The van der Waals surface area contributed by atoms with Gasteiger partial charge in [0, 0.05) is 5.38 Å². The number of alkyl halides is 3. The number of carbonyl (C=O) groups excluding carboxylic acids is 1. The number of amides is 1. The predicted molar refractivity (Wildman–Crippen MR) is 71.9 cm³/mol. The van der Waals surface area contributed by atoms with E-state index in [4.69, 9.17) is 0 Å². The summed E-state index contributed by atoms with van der Waals surface area (Å²) in [5, 5.41) is 4.27. The third-order valence-electron chi connectivity index (χ3n) is 3.52. The highest BCUT2D eigenvalue weighted by atomic mass is 32.1. The zero-order valence-corrected chi connectivity index (χ0v) is 11.6. The lowest BCUT2D eigenvalue weighted by molar-refractivity contribution is -0.138. The molecule has 1 aliphatic rings. The summed E-state index contributed by atoms with van der Waals surface area (Å²) >= 11 is 1.27. The summed E-state index contributed by atoms with van der Waals surface area (Å²) < 4.78 is 39.3. The Bertz CT molecular complexity index is 663. The molecule has 2 aromatic rings. The van der Waals surface area contributed by atoms with Crippen LogP contribution in [0, 0.1) is 0 Å². The van der Waals surface area contributed by atoms with Crippen molar-refractivity contribution < 1.29 is 18.0 Å². The Morgan fingerprint density at radius 3 is 2.57 bits per heavy atom. The molecular weight excluding hydrogens is 301 g/mol. The highest BCUT2D eigenvalue weighted by Crippen LogP contribution is 2.49. The summed E-state index contributed by atoms with van der Waals surface area (Å²) in [6, 6.07) is 5.38. The number of benzene rings is 1. The van der Waals surface area contributed by atoms with Crippen LogP contribution in [0.15, 0.2) is 35.2 Å². The van der Waals surface area contributed by atoms with E-state index in [0.29, 0.717) is 12.8 Å². The molecule has 1 aromatic heterocycles. The standard InChI is InChI=1S/C14H11F3N2OS/c15-14(16,17)10-4-2-1-3-9(10)13(5-6-13)19-12(20)11-7-21-8-18-11/h1-4,7-8H,5-6H2,(H,19,20). The second-order valence-corrected chi connectivity index (χ2v) is 5.67. The van der Waals surface area contributed by atoms with E-state index in [1.807, 2.05) is 0 Å². The van der Waals surface area contributed by atoms with Gasteiger partial charge in [0.15, 0.2) is 0 Å². The molecule has 1 N–H and O–H groups in total. The van der Waals surface area contributed by atoms with Gasteiger partial charge in [-0.1, -0.05) is 18.2 Å². The van der Waals surface area contributed by atoms with E-state index in [9.17, 15) is 18.0 Å². The molecule has 1 aliphatic carbocycles. The molecular formula is C14H11F3N2OS. The monoisotopic (exact) mass is 312 g/mol. The van der Waals surface area contributed by atoms with Crippen LogP contribution in [0.3, 0.4) is 0 Å². The van der Waals surface area contributed by atoms with Crippen LogP contribution in [-0.2, 0) is 11.7 Å².